The molecule has 0 aromatic heterocycles. The van der Waals surface area contributed by atoms with Crippen molar-refractivity contribution in [3.8, 4) is 67.1 Å². The summed E-state index contributed by atoms with van der Waals surface area (Å²) in [6.45, 7) is 0. The zero-order valence-electron chi connectivity index (χ0n) is 30.4. The van der Waals surface area contributed by atoms with Crippen LogP contribution in [0.2, 0.25) is 0 Å². The molecule has 13 rings (SSSR count). The molecule has 3 aliphatic rings. The first-order chi connectivity index (χ1) is 27.8. The van der Waals surface area contributed by atoms with E-state index in [1.807, 2.05) is 0 Å². The first-order valence-electron chi connectivity index (χ1n) is 19.5. The van der Waals surface area contributed by atoms with E-state index in [0.29, 0.717) is 0 Å². The summed E-state index contributed by atoms with van der Waals surface area (Å²) in [5, 5.41) is 7.43. The Labute approximate surface area is 324 Å². The lowest BCUT2D eigenvalue weighted by atomic mass is 9.70. The summed E-state index contributed by atoms with van der Waals surface area (Å²) in [6, 6.07) is 72.1. The topological polar surface area (TPSA) is 9.23 Å². The van der Waals surface area contributed by atoms with Crippen LogP contribution in [0.5, 0.6) is 11.5 Å². The third kappa shape index (κ3) is 3.75. The minimum Gasteiger partial charge on any atom is -0.456 e. The van der Waals surface area contributed by atoms with Gasteiger partial charge in [0.2, 0.25) is 0 Å². The largest absolute Gasteiger partial charge is 0.456 e. The molecule has 0 bridgehead atoms. The first-order valence-corrected chi connectivity index (χ1v) is 19.5. The zero-order valence-corrected chi connectivity index (χ0v) is 30.4. The van der Waals surface area contributed by atoms with Crippen LogP contribution in [0.3, 0.4) is 0 Å². The van der Waals surface area contributed by atoms with Crippen molar-refractivity contribution in [3.05, 3.63) is 216 Å². The van der Waals surface area contributed by atoms with Crippen LogP contribution in [0, 0.1) is 0 Å². The van der Waals surface area contributed by atoms with Crippen LogP contribution in [0.15, 0.2) is 194 Å². The second-order valence-corrected chi connectivity index (χ2v) is 15.5. The predicted octanol–water partition coefficient (Wildman–Crippen LogP) is 14.6. The molecule has 1 heterocycles. The molecule has 0 saturated heterocycles. The number of hydrogen-bond donors (Lipinski definition) is 0. The van der Waals surface area contributed by atoms with Gasteiger partial charge in [0.15, 0.2) is 0 Å². The van der Waals surface area contributed by atoms with Gasteiger partial charge in [-0.05, 0) is 112 Å². The molecule has 1 nitrogen and oxygen atoms in total. The smallest absolute Gasteiger partial charge is 0.135 e. The molecule has 1 aliphatic heterocycles. The molecular weight excluding hydrogens is 677 g/mol. The lowest BCUT2D eigenvalue weighted by molar-refractivity contribution is 0.487. The number of para-hydroxylation sites is 1. The van der Waals surface area contributed by atoms with Gasteiger partial charge >= 0.3 is 0 Å². The zero-order chi connectivity index (χ0) is 36.5. The Hall–Kier alpha value is -7.22. The summed E-state index contributed by atoms with van der Waals surface area (Å²) in [7, 11) is 0. The first kappa shape index (κ1) is 30.1. The molecule has 1 spiro atoms. The summed E-state index contributed by atoms with van der Waals surface area (Å²) in [4.78, 5) is 0. The Kier molecular flexibility index (Phi) is 5.89. The van der Waals surface area contributed by atoms with Gasteiger partial charge in [0.25, 0.3) is 0 Å². The Balaban J connectivity index is 1.06. The van der Waals surface area contributed by atoms with Gasteiger partial charge in [-0.1, -0.05) is 176 Å². The number of fused-ring (bicyclic) bond motifs is 15. The number of rotatable bonds is 2. The van der Waals surface area contributed by atoms with Crippen molar-refractivity contribution in [3.63, 3.8) is 0 Å². The van der Waals surface area contributed by atoms with Crippen LogP contribution < -0.4 is 4.74 Å². The van der Waals surface area contributed by atoms with Crippen LogP contribution in [-0.2, 0) is 5.41 Å². The quantitative estimate of drug-likeness (QED) is 0.174. The minimum atomic E-state index is -0.422. The second-order valence-electron chi connectivity index (χ2n) is 15.5. The molecule has 0 amide bonds. The van der Waals surface area contributed by atoms with E-state index in [1.165, 1.54) is 105 Å². The average Bonchev–Trinajstić information content (AvgIpc) is 3.73. The highest BCUT2D eigenvalue weighted by Gasteiger charge is 2.52. The van der Waals surface area contributed by atoms with E-state index in [2.05, 4.69) is 194 Å². The van der Waals surface area contributed by atoms with Crippen molar-refractivity contribution in [1.82, 2.24) is 0 Å². The molecule has 1 atom stereocenters. The Bertz CT molecular complexity index is 3350. The highest BCUT2D eigenvalue weighted by molar-refractivity contribution is 6.14. The maximum absolute atomic E-state index is 6.47. The van der Waals surface area contributed by atoms with E-state index < -0.39 is 5.41 Å². The third-order valence-corrected chi connectivity index (χ3v) is 12.9. The lowest BCUT2D eigenvalue weighted by Gasteiger charge is -2.31. The molecule has 1 heteroatoms. The van der Waals surface area contributed by atoms with E-state index in [1.54, 1.807) is 0 Å². The summed E-state index contributed by atoms with van der Waals surface area (Å²) in [6.07, 6.45) is 0. The van der Waals surface area contributed by atoms with Gasteiger partial charge in [0.05, 0.1) is 5.41 Å². The Morgan fingerprint density at radius 3 is 1.77 bits per heavy atom. The van der Waals surface area contributed by atoms with Crippen molar-refractivity contribution in [1.29, 1.82) is 0 Å². The van der Waals surface area contributed by atoms with Gasteiger partial charge < -0.3 is 4.74 Å². The fraction of sp³-hybridized carbons (Fsp3) is 0.0182. The summed E-state index contributed by atoms with van der Waals surface area (Å²) < 4.78 is 6.47. The van der Waals surface area contributed by atoms with Crippen molar-refractivity contribution in [2.45, 2.75) is 5.41 Å². The van der Waals surface area contributed by atoms with Gasteiger partial charge in [-0.25, -0.2) is 0 Å². The SMILES string of the molecule is c1ccc2c(c1)Oc1cccc3ccc(-c4ccc(-c5ccc6c(c5)C5(c7ccccc7-6)c6ccccc6-c6c5ccc5ccccc65)c5ccccc45)c-2c13. The molecule has 0 fully saturated rings. The van der Waals surface area contributed by atoms with Crippen molar-refractivity contribution < 1.29 is 4.74 Å². The molecule has 10 aromatic rings. The maximum atomic E-state index is 6.47. The van der Waals surface area contributed by atoms with Gasteiger partial charge in [-0.2, -0.15) is 0 Å². The van der Waals surface area contributed by atoms with E-state index in [9.17, 15) is 0 Å². The predicted molar refractivity (Wildman–Crippen MR) is 232 cm³/mol. The van der Waals surface area contributed by atoms with E-state index in [4.69, 9.17) is 4.74 Å². The maximum Gasteiger partial charge on any atom is 0.135 e. The highest BCUT2D eigenvalue weighted by Crippen LogP contribution is 2.64. The Morgan fingerprint density at radius 1 is 0.304 bits per heavy atom. The van der Waals surface area contributed by atoms with Crippen LogP contribution >= 0.6 is 0 Å². The van der Waals surface area contributed by atoms with E-state index in [0.717, 1.165) is 17.1 Å². The lowest BCUT2D eigenvalue weighted by Crippen LogP contribution is -2.25. The molecule has 2 aliphatic carbocycles. The van der Waals surface area contributed by atoms with Crippen molar-refractivity contribution in [2.24, 2.45) is 0 Å². The van der Waals surface area contributed by atoms with Gasteiger partial charge in [0, 0.05) is 16.5 Å². The molecule has 258 valence electrons. The molecule has 56 heavy (non-hydrogen) atoms. The molecule has 0 saturated carbocycles. The van der Waals surface area contributed by atoms with Gasteiger partial charge in [-0.3, -0.25) is 0 Å². The van der Waals surface area contributed by atoms with Crippen molar-refractivity contribution >= 4 is 32.3 Å². The fourth-order valence-electron chi connectivity index (χ4n) is 10.7. The standard InChI is InChI=1S/C55H32O/c1-2-14-37-33(12-1)26-31-48-53(37)44-18-6-9-21-47(44)55(48)46-20-8-5-17-41(46)42-27-25-35(32-49(42)55)36-29-30-40(39-16-4-3-15-38(36)39)43-28-24-34-13-11-23-51-52(34)54(43)45-19-7-10-22-50(45)56-51/h1-32H. The molecular formula is C55H32O. The molecule has 10 aromatic carbocycles. The molecule has 0 N–H and O–H groups in total. The Morgan fingerprint density at radius 2 is 0.893 bits per heavy atom. The summed E-state index contributed by atoms with van der Waals surface area (Å²) in [5.74, 6) is 1.81. The highest BCUT2D eigenvalue weighted by atomic mass is 16.5. The minimum absolute atomic E-state index is 0.422. The fourth-order valence-corrected chi connectivity index (χ4v) is 10.7. The number of benzene rings is 10. The van der Waals surface area contributed by atoms with Crippen LogP contribution in [0.25, 0.3) is 88.0 Å². The molecule has 0 radical (unpaired) electrons. The van der Waals surface area contributed by atoms with Crippen LogP contribution in [0.1, 0.15) is 22.3 Å². The average molecular weight is 709 g/mol. The monoisotopic (exact) mass is 708 g/mol. The number of hydrogen-bond acceptors (Lipinski definition) is 1. The summed E-state index contributed by atoms with van der Waals surface area (Å²) >= 11 is 0. The number of ether oxygens (including phenoxy) is 1. The van der Waals surface area contributed by atoms with Gasteiger partial charge in [-0.15, -0.1) is 0 Å². The van der Waals surface area contributed by atoms with E-state index in [-0.39, 0.29) is 0 Å². The summed E-state index contributed by atoms with van der Waals surface area (Å²) in [5.41, 5.74) is 17.6. The van der Waals surface area contributed by atoms with Crippen molar-refractivity contribution in [2.75, 3.05) is 0 Å². The third-order valence-electron chi connectivity index (χ3n) is 12.9. The van der Waals surface area contributed by atoms with Gasteiger partial charge in [0.1, 0.15) is 11.5 Å². The second kappa shape index (κ2) is 10.9. The molecule has 1 unspecified atom stereocenters. The van der Waals surface area contributed by atoms with E-state index >= 15 is 0 Å². The van der Waals surface area contributed by atoms with Crippen LogP contribution in [-0.4, -0.2) is 0 Å². The normalized spacial score (nSPS) is 15.4. The van der Waals surface area contributed by atoms with Crippen LogP contribution in [0.4, 0.5) is 0 Å².